The molecule has 6 rings (SSSR count). The summed E-state index contributed by atoms with van der Waals surface area (Å²) in [5, 5.41) is 0.621. The number of likely N-dealkylation sites (tertiary alicyclic amines) is 1. The van der Waals surface area contributed by atoms with Gasteiger partial charge in [-0.1, -0.05) is 6.07 Å². The van der Waals surface area contributed by atoms with Crippen molar-refractivity contribution in [3.8, 4) is 0 Å². The lowest BCUT2D eigenvalue weighted by Gasteiger charge is -2.34. The van der Waals surface area contributed by atoms with Crippen LogP contribution in [0.1, 0.15) is 72.7 Å². The Morgan fingerprint density at radius 1 is 1.08 bits per heavy atom. The number of rotatable bonds is 5. The SMILES string of the molecule is CC1=NCC(C)=C1c1cc(C(N)=O)c2c(c1)c1ccc(C(=O)N3CCC(C)(F)CC3)cc1n2S(=O)(=O)C1CC1. The zero-order valence-electron chi connectivity index (χ0n) is 22.3. The van der Waals surface area contributed by atoms with Crippen molar-refractivity contribution in [2.45, 2.75) is 57.4 Å². The minimum absolute atomic E-state index is 0.106. The number of primary amides is 1. The first-order valence-corrected chi connectivity index (χ1v) is 14.8. The Labute approximate surface area is 226 Å². The van der Waals surface area contributed by atoms with Crippen LogP contribution in [0.5, 0.6) is 0 Å². The molecule has 0 spiro atoms. The van der Waals surface area contributed by atoms with Crippen LogP contribution in [0.25, 0.3) is 27.4 Å². The Balaban J connectivity index is 1.60. The van der Waals surface area contributed by atoms with Gasteiger partial charge < -0.3 is 10.6 Å². The van der Waals surface area contributed by atoms with Gasteiger partial charge in [0.25, 0.3) is 11.8 Å². The average molecular weight is 551 g/mol. The third-order valence-corrected chi connectivity index (χ3v) is 10.5. The average Bonchev–Trinajstić information content (AvgIpc) is 3.62. The van der Waals surface area contributed by atoms with E-state index < -0.39 is 26.8 Å². The van der Waals surface area contributed by atoms with Gasteiger partial charge in [-0.3, -0.25) is 14.6 Å². The fourth-order valence-electron chi connectivity index (χ4n) is 5.87. The molecule has 3 heterocycles. The van der Waals surface area contributed by atoms with Gasteiger partial charge in [-0.25, -0.2) is 16.8 Å². The van der Waals surface area contributed by atoms with Crippen LogP contribution in [0.4, 0.5) is 4.39 Å². The molecule has 2 aliphatic heterocycles. The lowest BCUT2D eigenvalue weighted by atomic mass is 9.94. The highest BCUT2D eigenvalue weighted by Gasteiger charge is 2.40. The number of piperidine rings is 1. The molecular formula is C29H31FN4O4S. The lowest BCUT2D eigenvalue weighted by molar-refractivity contribution is 0.0504. The number of carbonyl (C=O) groups excluding carboxylic acids is 2. The first kappa shape index (κ1) is 25.7. The molecule has 8 nitrogen and oxygen atoms in total. The van der Waals surface area contributed by atoms with Gasteiger partial charge >= 0.3 is 0 Å². The summed E-state index contributed by atoms with van der Waals surface area (Å²) in [6.07, 6.45) is 1.56. The number of allylic oxidation sites excluding steroid dienone is 1. The van der Waals surface area contributed by atoms with E-state index in [2.05, 4.69) is 4.99 Å². The number of benzene rings is 2. The van der Waals surface area contributed by atoms with Crippen molar-refractivity contribution in [3.63, 3.8) is 0 Å². The van der Waals surface area contributed by atoms with Crippen molar-refractivity contribution in [3.05, 3.63) is 52.6 Å². The molecule has 2 N–H and O–H groups in total. The van der Waals surface area contributed by atoms with Crippen LogP contribution in [-0.2, 0) is 10.0 Å². The summed E-state index contributed by atoms with van der Waals surface area (Å²) in [6, 6.07) is 8.53. The summed E-state index contributed by atoms with van der Waals surface area (Å²) < 4.78 is 43.2. The number of carbonyl (C=O) groups is 2. The minimum Gasteiger partial charge on any atom is -0.366 e. The Hall–Kier alpha value is -3.53. The second-order valence-corrected chi connectivity index (χ2v) is 13.3. The van der Waals surface area contributed by atoms with E-state index in [0.717, 1.165) is 22.4 Å². The van der Waals surface area contributed by atoms with Gasteiger partial charge in [-0.2, -0.15) is 0 Å². The molecule has 3 aromatic rings. The van der Waals surface area contributed by atoms with Crippen LogP contribution in [0.15, 0.2) is 40.9 Å². The number of alkyl halides is 1. The largest absolute Gasteiger partial charge is 0.366 e. The Bertz CT molecular complexity index is 1750. The number of fused-ring (bicyclic) bond motifs is 3. The number of aromatic nitrogens is 1. The summed E-state index contributed by atoms with van der Waals surface area (Å²) >= 11 is 0. The molecule has 1 saturated carbocycles. The molecule has 1 saturated heterocycles. The van der Waals surface area contributed by atoms with E-state index >= 15 is 0 Å². The second kappa shape index (κ2) is 8.74. The van der Waals surface area contributed by atoms with Crippen molar-refractivity contribution in [1.29, 1.82) is 0 Å². The lowest BCUT2D eigenvalue weighted by Crippen LogP contribution is -2.43. The van der Waals surface area contributed by atoms with E-state index in [4.69, 9.17) is 5.73 Å². The fraction of sp³-hybridized carbons (Fsp3) is 0.414. The minimum atomic E-state index is -3.87. The normalized spacial score (nSPS) is 19.7. The first-order valence-electron chi connectivity index (χ1n) is 13.3. The van der Waals surface area contributed by atoms with Crippen molar-refractivity contribution in [2.24, 2.45) is 10.7 Å². The third-order valence-electron chi connectivity index (χ3n) is 8.26. The molecule has 0 atom stereocenters. The Morgan fingerprint density at radius 3 is 2.36 bits per heavy atom. The van der Waals surface area contributed by atoms with E-state index in [9.17, 15) is 22.4 Å². The van der Waals surface area contributed by atoms with Crippen LogP contribution in [0.3, 0.4) is 0 Å². The van der Waals surface area contributed by atoms with Crippen molar-refractivity contribution in [1.82, 2.24) is 8.87 Å². The van der Waals surface area contributed by atoms with E-state index in [1.807, 2.05) is 19.9 Å². The standard InChI is InChI=1S/C29H31FN4O4S/c1-16-15-32-17(2)25(16)19-12-22-21-7-4-18(28(36)33-10-8-29(3,30)9-11-33)14-24(21)34(39(37,38)20-5-6-20)26(22)23(13-19)27(31)35/h4,7,12-14,20H,5-6,8-11,15H2,1-3H3,(H2,31,35). The van der Waals surface area contributed by atoms with Gasteiger partial charge in [-0.05, 0) is 81.9 Å². The molecule has 1 aromatic heterocycles. The first-order chi connectivity index (χ1) is 18.4. The van der Waals surface area contributed by atoms with Crippen LogP contribution < -0.4 is 5.73 Å². The van der Waals surface area contributed by atoms with Gasteiger partial charge in [0.2, 0.25) is 10.0 Å². The monoisotopic (exact) mass is 550 g/mol. The van der Waals surface area contributed by atoms with E-state index in [1.54, 1.807) is 36.1 Å². The van der Waals surface area contributed by atoms with Gasteiger partial charge in [0.05, 0.1) is 28.4 Å². The van der Waals surface area contributed by atoms with Crippen LogP contribution in [0, 0.1) is 0 Å². The Morgan fingerprint density at radius 2 is 1.77 bits per heavy atom. The number of halogens is 1. The number of hydrogen-bond donors (Lipinski definition) is 1. The van der Waals surface area contributed by atoms with Crippen molar-refractivity contribution < 1.29 is 22.4 Å². The van der Waals surface area contributed by atoms with E-state index in [1.165, 1.54) is 3.97 Å². The molecule has 10 heteroatoms. The van der Waals surface area contributed by atoms with Crippen molar-refractivity contribution in [2.75, 3.05) is 19.6 Å². The van der Waals surface area contributed by atoms with Crippen molar-refractivity contribution >= 4 is 54.9 Å². The smallest absolute Gasteiger partial charge is 0.253 e. The highest BCUT2D eigenvalue weighted by Crippen LogP contribution is 2.41. The van der Waals surface area contributed by atoms with Crippen LogP contribution in [0.2, 0.25) is 0 Å². The molecule has 2 aromatic carbocycles. The topological polar surface area (TPSA) is 115 Å². The second-order valence-electron chi connectivity index (χ2n) is 11.3. The molecule has 2 amide bonds. The van der Waals surface area contributed by atoms with Crippen LogP contribution in [-0.4, -0.2) is 65.4 Å². The maximum Gasteiger partial charge on any atom is 0.253 e. The van der Waals surface area contributed by atoms with E-state index in [-0.39, 0.29) is 42.9 Å². The molecule has 204 valence electrons. The highest BCUT2D eigenvalue weighted by atomic mass is 32.2. The molecule has 0 unspecified atom stereocenters. The molecule has 39 heavy (non-hydrogen) atoms. The number of nitrogens with zero attached hydrogens (tertiary/aromatic N) is 3. The van der Waals surface area contributed by atoms with Gasteiger partial charge in [0, 0.05) is 40.7 Å². The predicted octanol–water partition coefficient (Wildman–Crippen LogP) is 4.45. The molecule has 3 aliphatic rings. The molecule has 2 fully saturated rings. The number of aliphatic imine (C=N–C) groups is 1. The molecule has 0 bridgehead atoms. The fourth-order valence-corrected chi connectivity index (χ4v) is 7.78. The zero-order valence-corrected chi connectivity index (χ0v) is 23.1. The van der Waals surface area contributed by atoms with Gasteiger partial charge in [0.1, 0.15) is 5.67 Å². The number of amides is 2. The Kier molecular flexibility index (Phi) is 5.77. The predicted molar refractivity (Wildman–Crippen MR) is 151 cm³/mol. The summed E-state index contributed by atoms with van der Waals surface area (Å²) in [5.41, 5.74) is 9.10. The number of hydrogen-bond acceptors (Lipinski definition) is 5. The maximum absolute atomic E-state index is 14.3. The molecule has 0 radical (unpaired) electrons. The quantitative estimate of drug-likeness (QED) is 0.506. The summed E-state index contributed by atoms with van der Waals surface area (Å²) in [4.78, 5) is 32.3. The number of nitrogens with two attached hydrogens (primary N) is 1. The summed E-state index contributed by atoms with van der Waals surface area (Å²) in [5.74, 6) is -1.01. The molecule has 1 aliphatic carbocycles. The zero-order chi connectivity index (χ0) is 27.9. The van der Waals surface area contributed by atoms with Gasteiger partial charge in [0.15, 0.2) is 0 Å². The third kappa shape index (κ3) is 4.16. The summed E-state index contributed by atoms with van der Waals surface area (Å²) in [7, 11) is -3.87. The maximum atomic E-state index is 14.3. The molecular weight excluding hydrogens is 519 g/mol. The summed E-state index contributed by atoms with van der Waals surface area (Å²) in [6.45, 7) is 6.57. The van der Waals surface area contributed by atoms with Crippen LogP contribution >= 0.6 is 0 Å². The highest BCUT2D eigenvalue weighted by molar-refractivity contribution is 7.91. The van der Waals surface area contributed by atoms with Gasteiger partial charge in [-0.15, -0.1) is 0 Å². The van der Waals surface area contributed by atoms with E-state index in [0.29, 0.717) is 41.2 Å².